The number of piperidine rings is 1. The van der Waals surface area contributed by atoms with Gasteiger partial charge >= 0.3 is 6.09 Å². The third-order valence-corrected chi connectivity index (χ3v) is 5.95. The molecule has 4 heterocycles. The Hall–Kier alpha value is -2.32. The van der Waals surface area contributed by atoms with E-state index in [0.29, 0.717) is 29.8 Å². The van der Waals surface area contributed by atoms with Gasteiger partial charge in [-0.3, -0.25) is 4.98 Å². The van der Waals surface area contributed by atoms with Crippen LogP contribution in [0.2, 0.25) is 10.3 Å². The number of rotatable bonds is 3. The highest BCUT2D eigenvalue weighted by atomic mass is 35.5. The predicted molar refractivity (Wildman–Crippen MR) is 123 cm³/mol. The molecule has 2 aliphatic rings. The summed E-state index contributed by atoms with van der Waals surface area (Å²) in [5.74, 6) is 0.786. The van der Waals surface area contributed by atoms with Crippen molar-refractivity contribution in [2.45, 2.75) is 58.3 Å². The first-order valence-corrected chi connectivity index (χ1v) is 11.5. The topological polar surface area (TPSA) is 80.7 Å². The van der Waals surface area contributed by atoms with Crippen LogP contribution in [-0.2, 0) is 17.7 Å². The molecule has 0 bridgehead atoms. The number of fused-ring (bicyclic) bond motifs is 1. The summed E-state index contributed by atoms with van der Waals surface area (Å²) in [5, 5.41) is 8.33. The largest absolute Gasteiger partial charge is 0.490 e. The summed E-state index contributed by atoms with van der Waals surface area (Å²) in [6.07, 6.45) is 3.84. The number of halogens is 2. The number of nitrogens with zero attached hydrogens (tertiary/aromatic N) is 5. The van der Waals surface area contributed by atoms with Crippen molar-refractivity contribution in [3.8, 4) is 5.75 Å². The highest BCUT2D eigenvalue weighted by Crippen LogP contribution is 2.32. The second-order valence-corrected chi connectivity index (χ2v) is 9.78. The number of carbonyl (C=O) groups excluding carboxylic acids is 1. The standard InChI is InChI=1S/C22H27Cl2N5O3/c1-22(2,3)32-21(30)29-11-7-16-15(13-29)18(4-8-25-16)31-14-5-9-28(10-6-14)17-12-19(23)26-27-20(17)24/h4,8,12,14H,5-7,9-11,13H2,1-3H3. The van der Waals surface area contributed by atoms with E-state index in [9.17, 15) is 4.79 Å². The van der Waals surface area contributed by atoms with Gasteiger partial charge < -0.3 is 19.3 Å². The third kappa shape index (κ3) is 5.35. The fraction of sp³-hybridized carbons (Fsp3) is 0.545. The average Bonchev–Trinajstić information content (AvgIpc) is 2.75. The molecular weight excluding hydrogens is 453 g/mol. The first-order valence-electron chi connectivity index (χ1n) is 10.7. The van der Waals surface area contributed by atoms with E-state index in [2.05, 4.69) is 20.1 Å². The maximum Gasteiger partial charge on any atom is 0.410 e. The van der Waals surface area contributed by atoms with Crippen molar-refractivity contribution >= 4 is 35.0 Å². The molecule has 0 saturated carbocycles. The summed E-state index contributed by atoms with van der Waals surface area (Å²) in [7, 11) is 0. The van der Waals surface area contributed by atoms with E-state index in [0.717, 1.165) is 48.6 Å². The Bertz CT molecular complexity index is 990. The summed E-state index contributed by atoms with van der Waals surface area (Å²) >= 11 is 12.2. The molecule has 2 aliphatic heterocycles. The number of pyridine rings is 1. The number of aromatic nitrogens is 3. The molecule has 2 aromatic heterocycles. The van der Waals surface area contributed by atoms with Crippen LogP contribution < -0.4 is 9.64 Å². The lowest BCUT2D eigenvalue weighted by Gasteiger charge is -2.35. The Morgan fingerprint density at radius 3 is 2.62 bits per heavy atom. The maximum absolute atomic E-state index is 12.6. The molecule has 0 radical (unpaired) electrons. The normalized spacial score (nSPS) is 17.2. The van der Waals surface area contributed by atoms with Gasteiger partial charge in [0, 0.05) is 56.7 Å². The fourth-order valence-electron chi connectivity index (χ4n) is 3.96. The van der Waals surface area contributed by atoms with E-state index in [4.69, 9.17) is 32.7 Å². The molecule has 0 N–H and O–H groups in total. The monoisotopic (exact) mass is 479 g/mol. The number of carbonyl (C=O) groups is 1. The molecule has 0 aromatic carbocycles. The van der Waals surface area contributed by atoms with Crippen LogP contribution in [0.25, 0.3) is 0 Å². The summed E-state index contributed by atoms with van der Waals surface area (Å²) in [6, 6.07) is 3.62. The molecule has 10 heteroatoms. The highest BCUT2D eigenvalue weighted by molar-refractivity contribution is 6.33. The van der Waals surface area contributed by atoms with Gasteiger partial charge in [-0.25, -0.2) is 4.79 Å². The molecule has 0 aliphatic carbocycles. The minimum absolute atomic E-state index is 0.0543. The van der Waals surface area contributed by atoms with Crippen molar-refractivity contribution < 1.29 is 14.3 Å². The number of anilines is 1. The van der Waals surface area contributed by atoms with Crippen LogP contribution in [0.5, 0.6) is 5.75 Å². The summed E-state index contributed by atoms with van der Waals surface area (Å²) in [5.41, 5.74) is 2.19. The molecule has 32 heavy (non-hydrogen) atoms. The van der Waals surface area contributed by atoms with Crippen molar-refractivity contribution in [2.75, 3.05) is 24.5 Å². The van der Waals surface area contributed by atoms with Crippen molar-refractivity contribution in [2.24, 2.45) is 0 Å². The van der Waals surface area contributed by atoms with Crippen molar-refractivity contribution in [1.29, 1.82) is 0 Å². The smallest absolute Gasteiger partial charge is 0.410 e. The van der Waals surface area contributed by atoms with Crippen molar-refractivity contribution in [3.63, 3.8) is 0 Å². The summed E-state index contributed by atoms with van der Waals surface area (Å²) in [6.45, 7) is 8.16. The van der Waals surface area contributed by atoms with Gasteiger partial charge in [-0.15, -0.1) is 10.2 Å². The molecule has 0 atom stereocenters. The lowest BCUT2D eigenvalue weighted by atomic mass is 10.0. The first kappa shape index (κ1) is 22.9. The minimum Gasteiger partial charge on any atom is -0.490 e. The minimum atomic E-state index is -0.531. The molecule has 0 spiro atoms. The van der Waals surface area contributed by atoms with Gasteiger partial charge in [-0.05, 0) is 26.8 Å². The van der Waals surface area contributed by atoms with Crippen LogP contribution in [-0.4, -0.2) is 57.5 Å². The first-order chi connectivity index (χ1) is 15.2. The zero-order valence-corrected chi connectivity index (χ0v) is 20.0. The van der Waals surface area contributed by atoms with E-state index in [-0.39, 0.29) is 12.2 Å². The molecule has 1 amide bonds. The lowest BCUT2D eigenvalue weighted by Crippen LogP contribution is -2.41. The van der Waals surface area contributed by atoms with Gasteiger partial charge in [0.25, 0.3) is 0 Å². The van der Waals surface area contributed by atoms with Crippen molar-refractivity contribution in [1.82, 2.24) is 20.1 Å². The molecule has 1 fully saturated rings. The van der Waals surface area contributed by atoms with Gasteiger partial charge in [-0.2, -0.15) is 0 Å². The Kier molecular flexibility index (Phi) is 6.62. The Labute approximate surface area is 197 Å². The molecule has 4 rings (SSSR count). The molecular formula is C22H27Cl2N5O3. The Morgan fingerprint density at radius 2 is 1.91 bits per heavy atom. The zero-order valence-electron chi connectivity index (χ0n) is 18.5. The third-order valence-electron chi connectivity index (χ3n) is 5.50. The predicted octanol–water partition coefficient (Wildman–Crippen LogP) is 4.52. The highest BCUT2D eigenvalue weighted by Gasteiger charge is 2.29. The van der Waals surface area contributed by atoms with Crippen LogP contribution in [0.1, 0.15) is 44.9 Å². The molecule has 0 unspecified atom stereocenters. The number of hydrogen-bond donors (Lipinski definition) is 0. The summed E-state index contributed by atoms with van der Waals surface area (Å²) in [4.78, 5) is 20.9. The number of hydrogen-bond acceptors (Lipinski definition) is 7. The van der Waals surface area contributed by atoms with E-state index in [1.165, 1.54) is 0 Å². The molecule has 2 aromatic rings. The number of amides is 1. The summed E-state index contributed by atoms with van der Waals surface area (Å²) < 4.78 is 11.9. The zero-order chi connectivity index (χ0) is 22.9. The van der Waals surface area contributed by atoms with Crippen LogP contribution >= 0.6 is 23.2 Å². The van der Waals surface area contributed by atoms with Gasteiger partial charge in [-0.1, -0.05) is 23.2 Å². The SMILES string of the molecule is CC(C)(C)OC(=O)N1CCc2nccc(OC3CCN(c4cc(Cl)nnc4Cl)CC3)c2C1. The van der Waals surface area contributed by atoms with Crippen LogP contribution in [0, 0.1) is 0 Å². The van der Waals surface area contributed by atoms with Gasteiger partial charge in [0.1, 0.15) is 17.5 Å². The molecule has 1 saturated heterocycles. The van der Waals surface area contributed by atoms with E-state index in [1.54, 1.807) is 17.2 Å². The maximum atomic E-state index is 12.6. The lowest BCUT2D eigenvalue weighted by molar-refractivity contribution is 0.0219. The second kappa shape index (κ2) is 9.27. The second-order valence-electron chi connectivity index (χ2n) is 9.03. The van der Waals surface area contributed by atoms with Gasteiger partial charge in [0.05, 0.1) is 17.9 Å². The van der Waals surface area contributed by atoms with Crippen LogP contribution in [0.3, 0.4) is 0 Å². The van der Waals surface area contributed by atoms with E-state index >= 15 is 0 Å². The van der Waals surface area contributed by atoms with Crippen LogP contribution in [0.15, 0.2) is 18.3 Å². The van der Waals surface area contributed by atoms with E-state index in [1.807, 2.05) is 26.8 Å². The fourth-order valence-corrected chi connectivity index (χ4v) is 4.32. The average molecular weight is 480 g/mol. The van der Waals surface area contributed by atoms with E-state index < -0.39 is 5.60 Å². The number of ether oxygens (including phenoxy) is 2. The Morgan fingerprint density at radius 1 is 1.16 bits per heavy atom. The van der Waals surface area contributed by atoms with Crippen molar-refractivity contribution in [3.05, 3.63) is 39.9 Å². The molecule has 8 nitrogen and oxygen atoms in total. The quantitative estimate of drug-likeness (QED) is 0.639. The van der Waals surface area contributed by atoms with Gasteiger partial charge in [0.2, 0.25) is 0 Å². The van der Waals surface area contributed by atoms with Gasteiger partial charge in [0.15, 0.2) is 10.3 Å². The molecule has 172 valence electrons. The Balaban J connectivity index is 1.41. The van der Waals surface area contributed by atoms with Crippen LogP contribution in [0.4, 0.5) is 10.5 Å².